The van der Waals surface area contributed by atoms with Gasteiger partial charge in [0, 0.05) is 19.5 Å². The summed E-state index contributed by atoms with van der Waals surface area (Å²) in [6.07, 6.45) is 3.17. The number of carbonyl (C=O) groups excluding carboxylic acids is 1. The average Bonchev–Trinajstić information content (AvgIpc) is 2.94. The van der Waals surface area contributed by atoms with Crippen molar-refractivity contribution in [1.29, 1.82) is 0 Å². The molecule has 7 heteroatoms. The Bertz CT molecular complexity index is 634. The maximum Gasteiger partial charge on any atom is 0.308 e. The highest BCUT2D eigenvalue weighted by Crippen LogP contribution is 2.37. The number of benzene rings is 1. The predicted octanol–water partition coefficient (Wildman–Crippen LogP) is 3.35. The van der Waals surface area contributed by atoms with Crippen LogP contribution in [-0.2, 0) is 16.1 Å². The molecule has 0 saturated carbocycles. The van der Waals surface area contributed by atoms with E-state index < -0.39 is 11.9 Å². The molecule has 0 bridgehead atoms. The lowest BCUT2D eigenvalue weighted by Crippen LogP contribution is -2.25. The first-order chi connectivity index (χ1) is 12.0. The largest absolute Gasteiger partial charge is 0.493 e. The third-order valence-corrected chi connectivity index (χ3v) is 4.50. The number of hydrogen-bond acceptors (Lipinski definition) is 4. The number of carbonyl (C=O) groups is 2. The second kappa shape index (κ2) is 8.94. The zero-order valence-corrected chi connectivity index (χ0v) is 15.3. The van der Waals surface area contributed by atoms with Gasteiger partial charge in [-0.25, -0.2) is 0 Å². The van der Waals surface area contributed by atoms with Crippen molar-refractivity contribution in [2.24, 2.45) is 5.92 Å². The summed E-state index contributed by atoms with van der Waals surface area (Å²) in [7, 11) is 1.54. The lowest BCUT2D eigenvalue weighted by Gasteiger charge is -2.18. The van der Waals surface area contributed by atoms with Gasteiger partial charge in [0.1, 0.15) is 0 Å². The molecule has 1 amide bonds. The highest BCUT2D eigenvalue weighted by atomic mass is 35.5. The number of halogens is 1. The third-order valence-electron chi connectivity index (χ3n) is 4.22. The molecule has 0 spiro atoms. The maximum atomic E-state index is 12.0. The Kier molecular flexibility index (Phi) is 6.93. The number of unbranched alkanes of at least 4 members (excludes halogenated alkanes) is 2. The van der Waals surface area contributed by atoms with Crippen molar-refractivity contribution in [3.05, 3.63) is 22.7 Å². The molecule has 1 heterocycles. The number of methoxy groups -OCH3 is 1. The highest BCUT2D eigenvalue weighted by Gasteiger charge is 2.34. The van der Waals surface area contributed by atoms with E-state index in [9.17, 15) is 9.59 Å². The minimum atomic E-state index is -0.942. The zero-order chi connectivity index (χ0) is 18.4. The fourth-order valence-corrected chi connectivity index (χ4v) is 3.13. The lowest BCUT2D eigenvalue weighted by molar-refractivity contribution is -0.141. The van der Waals surface area contributed by atoms with E-state index in [1.54, 1.807) is 12.1 Å². The van der Waals surface area contributed by atoms with Crippen LogP contribution in [-0.4, -0.2) is 42.1 Å². The molecule has 6 nitrogen and oxygen atoms in total. The molecule has 25 heavy (non-hydrogen) atoms. The molecule has 1 fully saturated rings. The molecule has 1 aromatic carbocycles. The van der Waals surface area contributed by atoms with E-state index in [1.165, 1.54) is 12.0 Å². The molecule has 0 aromatic heterocycles. The molecule has 0 radical (unpaired) electrons. The van der Waals surface area contributed by atoms with Crippen molar-refractivity contribution in [3.8, 4) is 11.5 Å². The maximum absolute atomic E-state index is 12.0. The first-order valence-electron chi connectivity index (χ1n) is 8.46. The van der Waals surface area contributed by atoms with Crippen LogP contribution < -0.4 is 9.47 Å². The summed E-state index contributed by atoms with van der Waals surface area (Å²) in [6.45, 7) is 3.20. The molecule has 2 rings (SSSR count). The minimum absolute atomic E-state index is 0.0405. The number of carboxylic acid groups (broad SMARTS) is 1. The quantitative estimate of drug-likeness (QED) is 0.675. The monoisotopic (exact) mass is 369 g/mol. The molecule has 1 unspecified atom stereocenters. The van der Waals surface area contributed by atoms with E-state index in [0.29, 0.717) is 29.7 Å². The van der Waals surface area contributed by atoms with Gasteiger partial charge in [0.25, 0.3) is 0 Å². The van der Waals surface area contributed by atoms with Crippen molar-refractivity contribution in [3.63, 3.8) is 0 Å². The van der Waals surface area contributed by atoms with E-state index in [-0.39, 0.29) is 18.9 Å². The minimum Gasteiger partial charge on any atom is -0.493 e. The number of hydrogen-bond donors (Lipinski definition) is 1. The van der Waals surface area contributed by atoms with Crippen LogP contribution in [0, 0.1) is 5.92 Å². The molecule has 0 aliphatic carbocycles. The SMILES string of the molecule is CCCCCOc1c(Cl)cc(CN2CC(C(=O)O)CC2=O)cc1OC. The molecule has 1 aliphatic heterocycles. The van der Waals surface area contributed by atoms with Crippen molar-refractivity contribution in [1.82, 2.24) is 4.90 Å². The molecular formula is C18H24ClNO5. The van der Waals surface area contributed by atoms with Crippen LogP contribution >= 0.6 is 11.6 Å². The van der Waals surface area contributed by atoms with Gasteiger partial charge >= 0.3 is 5.97 Å². The van der Waals surface area contributed by atoms with E-state index in [4.69, 9.17) is 26.2 Å². The standard InChI is InChI=1S/C18H24ClNO5/c1-3-4-5-6-25-17-14(19)7-12(8-15(17)24-2)10-20-11-13(18(22)23)9-16(20)21/h7-8,13H,3-6,9-11H2,1-2H3,(H,22,23). The summed E-state index contributed by atoms with van der Waals surface area (Å²) < 4.78 is 11.1. The molecular weight excluding hydrogens is 346 g/mol. The fourth-order valence-electron chi connectivity index (χ4n) is 2.84. The molecule has 1 aromatic rings. The summed E-state index contributed by atoms with van der Waals surface area (Å²) in [5.74, 6) is -0.740. The van der Waals surface area contributed by atoms with Gasteiger partial charge in [0.05, 0.1) is 24.7 Å². The average molecular weight is 370 g/mol. The summed E-state index contributed by atoms with van der Waals surface area (Å²) in [5, 5.41) is 9.49. The molecule has 138 valence electrons. The van der Waals surface area contributed by atoms with Crippen LogP contribution in [0.25, 0.3) is 0 Å². The van der Waals surface area contributed by atoms with Crippen LogP contribution in [0.2, 0.25) is 5.02 Å². The van der Waals surface area contributed by atoms with Crippen LogP contribution in [0.15, 0.2) is 12.1 Å². The number of aliphatic carboxylic acids is 1. The van der Waals surface area contributed by atoms with Gasteiger partial charge in [-0.05, 0) is 24.1 Å². The Morgan fingerprint density at radius 2 is 2.16 bits per heavy atom. The Morgan fingerprint density at radius 3 is 2.76 bits per heavy atom. The van der Waals surface area contributed by atoms with Gasteiger partial charge in [-0.3, -0.25) is 9.59 Å². The summed E-state index contributed by atoms with van der Waals surface area (Å²) in [6, 6.07) is 3.52. The van der Waals surface area contributed by atoms with Crippen LogP contribution in [0.4, 0.5) is 0 Å². The van der Waals surface area contributed by atoms with Crippen molar-refractivity contribution >= 4 is 23.5 Å². The second-order valence-corrected chi connectivity index (χ2v) is 6.59. The van der Waals surface area contributed by atoms with E-state index in [0.717, 1.165) is 24.8 Å². The first-order valence-corrected chi connectivity index (χ1v) is 8.83. The molecule has 1 saturated heterocycles. The first kappa shape index (κ1) is 19.4. The number of carboxylic acids is 1. The lowest BCUT2D eigenvalue weighted by atomic mass is 10.1. The Balaban J connectivity index is 2.08. The Morgan fingerprint density at radius 1 is 1.40 bits per heavy atom. The Hall–Kier alpha value is -1.95. The topological polar surface area (TPSA) is 76.1 Å². The van der Waals surface area contributed by atoms with Crippen molar-refractivity contribution in [2.45, 2.75) is 39.2 Å². The number of amides is 1. The van der Waals surface area contributed by atoms with Gasteiger partial charge in [0.15, 0.2) is 11.5 Å². The molecule has 1 N–H and O–H groups in total. The van der Waals surface area contributed by atoms with Crippen LogP contribution in [0.5, 0.6) is 11.5 Å². The molecule has 1 aliphatic rings. The number of likely N-dealkylation sites (tertiary alicyclic amines) is 1. The normalized spacial score (nSPS) is 17.0. The summed E-state index contributed by atoms with van der Waals surface area (Å²) in [4.78, 5) is 24.6. The van der Waals surface area contributed by atoms with E-state index >= 15 is 0 Å². The highest BCUT2D eigenvalue weighted by molar-refractivity contribution is 6.32. The second-order valence-electron chi connectivity index (χ2n) is 6.18. The van der Waals surface area contributed by atoms with Crippen molar-refractivity contribution < 1.29 is 24.2 Å². The van der Waals surface area contributed by atoms with Gasteiger partial charge in [-0.1, -0.05) is 31.4 Å². The van der Waals surface area contributed by atoms with Crippen LogP contribution in [0.3, 0.4) is 0 Å². The predicted molar refractivity (Wildman–Crippen MR) is 94.2 cm³/mol. The third kappa shape index (κ3) is 5.01. The number of rotatable bonds is 9. The van der Waals surface area contributed by atoms with Gasteiger partial charge in [-0.2, -0.15) is 0 Å². The van der Waals surface area contributed by atoms with Crippen molar-refractivity contribution in [2.75, 3.05) is 20.3 Å². The number of nitrogens with zero attached hydrogens (tertiary/aromatic N) is 1. The van der Waals surface area contributed by atoms with Crippen LogP contribution in [0.1, 0.15) is 38.2 Å². The van der Waals surface area contributed by atoms with Gasteiger partial charge in [-0.15, -0.1) is 0 Å². The van der Waals surface area contributed by atoms with Gasteiger partial charge < -0.3 is 19.5 Å². The fraction of sp³-hybridized carbons (Fsp3) is 0.556. The zero-order valence-electron chi connectivity index (χ0n) is 14.6. The molecule has 1 atom stereocenters. The number of ether oxygens (including phenoxy) is 2. The Labute approximate surface area is 152 Å². The van der Waals surface area contributed by atoms with E-state index in [2.05, 4.69) is 6.92 Å². The summed E-state index contributed by atoms with van der Waals surface area (Å²) >= 11 is 6.32. The summed E-state index contributed by atoms with van der Waals surface area (Å²) in [5.41, 5.74) is 0.780. The van der Waals surface area contributed by atoms with E-state index in [1.807, 2.05) is 0 Å². The van der Waals surface area contributed by atoms with Gasteiger partial charge in [0.2, 0.25) is 5.91 Å². The smallest absolute Gasteiger partial charge is 0.308 e.